The zero-order valence-corrected chi connectivity index (χ0v) is 14.3. The summed E-state index contributed by atoms with van der Waals surface area (Å²) in [5.74, 6) is 1.54. The van der Waals surface area contributed by atoms with Gasteiger partial charge in [0.05, 0.1) is 12.0 Å². The number of nitrogens with zero attached hydrogens (tertiary/aromatic N) is 1. The summed E-state index contributed by atoms with van der Waals surface area (Å²) in [5.41, 5.74) is 1.59. The first-order valence-electron chi connectivity index (χ1n) is 7.41. The molecule has 5 heteroatoms. The third-order valence-corrected chi connectivity index (χ3v) is 6.12. The largest absolute Gasteiger partial charge is 0.496 e. The highest BCUT2D eigenvalue weighted by Gasteiger charge is 2.32. The van der Waals surface area contributed by atoms with E-state index in [-0.39, 0.29) is 0 Å². The molecule has 1 aromatic rings. The third-order valence-electron chi connectivity index (χ3n) is 4.15. The van der Waals surface area contributed by atoms with Gasteiger partial charge in [-0.05, 0) is 55.4 Å². The molecular weight excluding hydrogens is 286 g/mol. The highest BCUT2D eigenvalue weighted by molar-refractivity contribution is 7.89. The Morgan fingerprint density at radius 1 is 1.10 bits per heavy atom. The molecule has 1 fully saturated rings. The quantitative estimate of drug-likeness (QED) is 0.862. The van der Waals surface area contributed by atoms with Crippen LogP contribution in [-0.2, 0) is 10.0 Å². The number of hydrogen-bond acceptors (Lipinski definition) is 3. The van der Waals surface area contributed by atoms with Crippen LogP contribution >= 0.6 is 0 Å². The van der Waals surface area contributed by atoms with Crippen molar-refractivity contribution in [2.24, 2.45) is 11.8 Å². The molecule has 21 heavy (non-hydrogen) atoms. The first kappa shape index (κ1) is 16.3. The summed E-state index contributed by atoms with van der Waals surface area (Å²) >= 11 is 0. The van der Waals surface area contributed by atoms with Crippen LogP contribution in [0.3, 0.4) is 0 Å². The minimum Gasteiger partial charge on any atom is -0.496 e. The number of benzene rings is 1. The second-order valence-electron chi connectivity index (χ2n) is 6.36. The lowest BCUT2D eigenvalue weighted by atomic mass is 9.94. The van der Waals surface area contributed by atoms with E-state index in [0.717, 1.165) is 23.3 Å². The van der Waals surface area contributed by atoms with Crippen LogP contribution in [0.15, 0.2) is 17.0 Å². The molecule has 1 aliphatic heterocycles. The number of hydrogen-bond donors (Lipinski definition) is 0. The van der Waals surface area contributed by atoms with Crippen molar-refractivity contribution in [3.8, 4) is 5.75 Å². The minimum absolute atomic E-state index is 0.405. The smallest absolute Gasteiger partial charge is 0.243 e. The fourth-order valence-corrected chi connectivity index (χ4v) is 5.17. The molecule has 2 atom stereocenters. The van der Waals surface area contributed by atoms with Crippen molar-refractivity contribution < 1.29 is 13.2 Å². The SMILES string of the molecule is COc1cc(C)c(S(=O)(=O)N2C[C@@H](C)C[C@H](C)C2)cc1C. The van der Waals surface area contributed by atoms with E-state index in [1.54, 1.807) is 23.5 Å². The number of aryl methyl sites for hydroxylation is 2. The summed E-state index contributed by atoms with van der Waals surface area (Å²) in [4.78, 5) is 0.405. The number of methoxy groups -OCH3 is 1. The number of sulfonamides is 1. The fraction of sp³-hybridized carbons (Fsp3) is 0.625. The van der Waals surface area contributed by atoms with Crippen molar-refractivity contribution in [3.63, 3.8) is 0 Å². The Morgan fingerprint density at radius 2 is 1.67 bits per heavy atom. The fourth-order valence-electron chi connectivity index (χ4n) is 3.20. The van der Waals surface area contributed by atoms with Crippen LogP contribution in [0.25, 0.3) is 0 Å². The summed E-state index contributed by atoms with van der Waals surface area (Å²) in [7, 11) is -1.83. The van der Waals surface area contributed by atoms with Gasteiger partial charge in [0.25, 0.3) is 0 Å². The van der Waals surface area contributed by atoms with Gasteiger partial charge in [0.2, 0.25) is 10.0 Å². The Balaban J connectivity index is 2.42. The highest BCUT2D eigenvalue weighted by Crippen LogP contribution is 2.31. The molecule has 1 saturated heterocycles. The van der Waals surface area contributed by atoms with E-state index in [9.17, 15) is 8.42 Å². The standard InChI is InChI=1S/C16H25NO3S/c1-11-6-12(2)10-17(9-11)21(18,19)16-8-13(3)15(20-5)7-14(16)4/h7-8,11-12H,6,9-10H2,1-5H3/t11-,12-/m0/s1. The molecule has 0 amide bonds. The van der Waals surface area contributed by atoms with Gasteiger partial charge in [0.1, 0.15) is 5.75 Å². The minimum atomic E-state index is -3.43. The van der Waals surface area contributed by atoms with E-state index < -0.39 is 10.0 Å². The number of ether oxygens (including phenoxy) is 1. The van der Waals surface area contributed by atoms with Crippen molar-refractivity contribution in [1.29, 1.82) is 0 Å². The molecule has 0 spiro atoms. The van der Waals surface area contributed by atoms with E-state index in [1.165, 1.54) is 0 Å². The van der Waals surface area contributed by atoms with E-state index in [1.807, 2.05) is 13.8 Å². The molecule has 4 nitrogen and oxygen atoms in total. The molecule has 0 aliphatic carbocycles. The molecule has 0 bridgehead atoms. The lowest BCUT2D eigenvalue weighted by Gasteiger charge is -2.34. The van der Waals surface area contributed by atoms with Crippen molar-refractivity contribution >= 4 is 10.0 Å². The van der Waals surface area contributed by atoms with Crippen LogP contribution in [0.4, 0.5) is 0 Å². The second kappa shape index (κ2) is 5.97. The first-order valence-corrected chi connectivity index (χ1v) is 8.85. The summed E-state index contributed by atoms with van der Waals surface area (Å²) in [6, 6.07) is 3.53. The van der Waals surface area contributed by atoms with Gasteiger partial charge in [-0.15, -0.1) is 0 Å². The Bertz CT molecular complexity index is 615. The Hall–Kier alpha value is -1.07. The zero-order chi connectivity index (χ0) is 15.8. The van der Waals surface area contributed by atoms with Crippen LogP contribution in [0.1, 0.15) is 31.4 Å². The topological polar surface area (TPSA) is 46.6 Å². The molecule has 0 saturated carbocycles. The van der Waals surface area contributed by atoms with E-state index in [2.05, 4.69) is 13.8 Å². The van der Waals surface area contributed by atoms with Crippen LogP contribution in [0.5, 0.6) is 5.75 Å². The maximum atomic E-state index is 12.9. The maximum Gasteiger partial charge on any atom is 0.243 e. The van der Waals surface area contributed by atoms with Crippen molar-refractivity contribution in [1.82, 2.24) is 4.31 Å². The number of rotatable bonds is 3. The third kappa shape index (κ3) is 3.24. The van der Waals surface area contributed by atoms with Crippen LogP contribution in [0, 0.1) is 25.7 Å². The van der Waals surface area contributed by atoms with Crippen LogP contribution in [-0.4, -0.2) is 32.9 Å². The lowest BCUT2D eigenvalue weighted by Crippen LogP contribution is -2.42. The summed E-state index contributed by atoms with van der Waals surface area (Å²) in [6.45, 7) is 9.15. The first-order chi connectivity index (χ1) is 9.75. The average Bonchev–Trinajstić information content (AvgIpc) is 2.39. The van der Waals surface area contributed by atoms with E-state index in [0.29, 0.717) is 29.8 Å². The second-order valence-corrected chi connectivity index (χ2v) is 8.26. The van der Waals surface area contributed by atoms with Crippen molar-refractivity contribution in [2.75, 3.05) is 20.2 Å². The predicted molar refractivity (Wildman–Crippen MR) is 84.2 cm³/mol. The van der Waals surface area contributed by atoms with Crippen molar-refractivity contribution in [2.45, 2.75) is 39.0 Å². The molecule has 2 rings (SSSR count). The normalized spacial score (nSPS) is 24.0. The number of piperidine rings is 1. The van der Waals surface area contributed by atoms with E-state index >= 15 is 0 Å². The molecular formula is C16H25NO3S. The highest BCUT2D eigenvalue weighted by atomic mass is 32.2. The van der Waals surface area contributed by atoms with Gasteiger partial charge < -0.3 is 4.74 Å². The molecule has 1 aromatic carbocycles. The lowest BCUT2D eigenvalue weighted by molar-refractivity contribution is 0.222. The van der Waals surface area contributed by atoms with Gasteiger partial charge >= 0.3 is 0 Å². The molecule has 0 aromatic heterocycles. The summed E-state index contributed by atoms with van der Waals surface area (Å²) in [5, 5.41) is 0. The monoisotopic (exact) mass is 311 g/mol. The maximum absolute atomic E-state index is 12.9. The Morgan fingerprint density at radius 3 is 2.19 bits per heavy atom. The van der Waals surface area contributed by atoms with Gasteiger partial charge in [-0.1, -0.05) is 13.8 Å². The summed E-state index contributed by atoms with van der Waals surface area (Å²) < 4.78 is 32.8. The van der Waals surface area contributed by atoms with Gasteiger partial charge in [-0.3, -0.25) is 0 Å². The zero-order valence-electron chi connectivity index (χ0n) is 13.5. The van der Waals surface area contributed by atoms with Gasteiger partial charge in [-0.25, -0.2) is 8.42 Å². The molecule has 0 unspecified atom stereocenters. The van der Waals surface area contributed by atoms with Gasteiger partial charge in [0.15, 0.2) is 0 Å². The Labute approximate surface area is 128 Å². The predicted octanol–water partition coefficient (Wildman–Crippen LogP) is 2.98. The average molecular weight is 311 g/mol. The van der Waals surface area contributed by atoms with Gasteiger partial charge in [-0.2, -0.15) is 4.31 Å². The molecule has 1 heterocycles. The van der Waals surface area contributed by atoms with E-state index in [4.69, 9.17) is 4.74 Å². The molecule has 0 N–H and O–H groups in total. The van der Waals surface area contributed by atoms with Crippen LogP contribution in [0.2, 0.25) is 0 Å². The Kier molecular flexibility index (Phi) is 4.63. The summed E-state index contributed by atoms with van der Waals surface area (Å²) in [6.07, 6.45) is 1.09. The van der Waals surface area contributed by atoms with Crippen molar-refractivity contribution in [3.05, 3.63) is 23.3 Å². The van der Waals surface area contributed by atoms with Gasteiger partial charge in [0, 0.05) is 13.1 Å². The molecule has 118 valence electrons. The molecule has 1 aliphatic rings. The molecule has 0 radical (unpaired) electrons. The van der Waals surface area contributed by atoms with Crippen LogP contribution < -0.4 is 4.74 Å².